The van der Waals surface area contributed by atoms with E-state index in [9.17, 15) is 0 Å². The maximum absolute atomic E-state index is 2.46. The lowest BCUT2D eigenvalue weighted by Gasteiger charge is -2.27. The molecule has 3 saturated heterocycles. The summed E-state index contributed by atoms with van der Waals surface area (Å²) in [5, 5.41) is 0. The van der Waals surface area contributed by atoms with Crippen molar-refractivity contribution in [1.29, 1.82) is 0 Å². The van der Waals surface area contributed by atoms with E-state index in [4.69, 9.17) is 0 Å². The third kappa shape index (κ3) is 55.8. The maximum atomic E-state index is 2.46. The Labute approximate surface area is 514 Å². The molecule has 0 aliphatic carbocycles. The first-order valence-corrected chi connectivity index (χ1v) is 33.3. The number of rotatable bonds is 19. The summed E-state index contributed by atoms with van der Waals surface area (Å²) >= 11 is 0. The molecule has 3 aliphatic heterocycles. The Hall–Kier alpha value is -0.720. The van der Waals surface area contributed by atoms with Gasteiger partial charge in [-0.1, -0.05) is 27.7 Å². The fraction of sp³-hybridized carbons (Fsp3) is 1.00. The highest BCUT2D eigenvalue weighted by Crippen LogP contribution is 2.01. The second-order valence-corrected chi connectivity index (χ2v) is 26.0. The zero-order valence-corrected chi connectivity index (χ0v) is 59.7. The largest absolute Gasteiger partial charge is 0.307 e. The normalized spacial score (nSPS) is 20.8. The van der Waals surface area contributed by atoms with Gasteiger partial charge in [0.1, 0.15) is 0 Å². The minimum atomic E-state index is 1.15. The smallest absolute Gasteiger partial charge is 0.0107 e. The molecule has 0 aromatic carbocycles. The van der Waals surface area contributed by atoms with Gasteiger partial charge in [0.2, 0.25) is 0 Å². The number of nitrogens with zero attached hydrogens (tertiary/aromatic N) is 18. The SMILES string of the molecule is CCN(C)CCCN(C)CCCN(C)CC.CCN(C)CCCN(C)CCN(C)CC.CN1CCCN(C)CCN(C)CC1.CN1CCCN(C)CCN(C)CCCN(C)CC1.CN1CCN(C)CCN(C)CCN(C)CCN(C)CC1. The molecule has 0 unspecified atom stereocenters. The molecule has 0 atom stereocenters. The van der Waals surface area contributed by atoms with E-state index in [0.717, 1.165) is 91.6 Å². The van der Waals surface area contributed by atoms with Gasteiger partial charge < -0.3 is 88.2 Å². The van der Waals surface area contributed by atoms with Crippen LogP contribution in [0.25, 0.3) is 0 Å². The van der Waals surface area contributed by atoms with Crippen LogP contribution >= 0.6 is 0 Å². The molecule has 3 heterocycles. The summed E-state index contributed by atoms with van der Waals surface area (Å²) in [6, 6.07) is 0. The van der Waals surface area contributed by atoms with Crippen LogP contribution in [0.3, 0.4) is 0 Å². The van der Waals surface area contributed by atoms with E-state index in [1.54, 1.807) is 0 Å². The fourth-order valence-electron chi connectivity index (χ4n) is 9.28. The average Bonchev–Trinajstić information content (AvgIpc) is 3.45. The molecule has 3 rings (SSSR count). The molecule has 0 aromatic heterocycles. The molecule has 18 nitrogen and oxygen atoms in total. The minimum Gasteiger partial charge on any atom is -0.307 e. The van der Waals surface area contributed by atoms with Crippen LogP contribution in [-0.4, -0.2) is 451 Å². The molecule has 0 N–H and O–H groups in total. The molecule has 0 saturated carbocycles. The average molecular weight is 1170 g/mol. The zero-order valence-electron chi connectivity index (χ0n) is 59.7. The van der Waals surface area contributed by atoms with Gasteiger partial charge in [-0.2, -0.15) is 0 Å². The Balaban J connectivity index is 0. The summed E-state index contributed by atoms with van der Waals surface area (Å²) in [5.74, 6) is 0. The first kappa shape index (κ1) is 83.3. The molecule has 496 valence electrons. The quantitative estimate of drug-likeness (QED) is 0.190. The number of likely N-dealkylation sites (N-methyl/N-ethyl adjacent to an activating group) is 14. The van der Waals surface area contributed by atoms with Crippen molar-refractivity contribution in [2.24, 2.45) is 0 Å². The van der Waals surface area contributed by atoms with Crippen molar-refractivity contribution < 1.29 is 0 Å². The highest BCUT2D eigenvalue weighted by molar-refractivity contribution is 4.69. The van der Waals surface area contributed by atoms with Crippen molar-refractivity contribution in [3.8, 4) is 0 Å². The van der Waals surface area contributed by atoms with Crippen molar-refractivity contribution in [3.05, 3.63) is 0 Å². The third-order valence-electron chi connectivity index (χ3n) is 17.3. The summed E-state index contributed by atoms with van der Waals surface area (Å²) < 4.78 is 0. The summed E-state index contributed by atoms with van der Waals surface area (Å²) in [6.45, 7) is 51.6. The number of hydrogen-bond acceptors (Lipinski definition) is 18. The molecule has 3 fully saturated rings. The van der Waals surface area contributed by atoms with E-state index in [2.05, 4.69) is 243 Å². The second-order valence-electron chi connectivity index (χ2n) is 26.0. The number of hydrogen-bond donors (Lipinski definition) is 0. The summed E-state index contributed by atoms with van der Waals surface area (Å²) in [7, 11) is 40.0. The van der Waals surface area contributed by atoms with Crippen molar-refractivity contribution in [1.82, 2.24) is 88.2 Å². The summed E-state index contributed by atoms with van der Waals surface area (Å²) in [5.41, 5.74) is 0. The van der Waals surface area contributed by atoms with Gasteiger partial charge in [0.25, 0.3) is 0 Å². The summed E-state index contributed by atoms with van der Waals surface area (Å²) in [4.78, 5) is 43.7. The third-order valence-corrected chi connectivity index (χ3v) is 17.3. The van der Waals surface area contributed by atoms with Crippen LogP contribution in [0.15, 0.2) is 0 Å². The Morgan fingerprint density at radius 2 is 0.305 bits per heavy atom. The van der Waals surface area contributed by atoms with Crippen molar-refractivity contribution in [3.63, 3.8) is 0 Å². The predicted molar refractivity (Wildman–Crippen MR) is 365 cm³/mol. The van der Waals surface area contributed by atoms with Crippen LogP contribution < -0.4 is 0 Å². The monoisotopic (exact) mass is 1170 g/mol. The van der Waals surface area contributed by atoms with E-state index in [-0.39, 0.29) is 0 Å². The molecule has 0 spiro atoms. The fourth-order valence-corrected chi connectivity index (χ4v) is 9.28. The topological polar surface area (TPSA) is 58.3 Å². The van der Waals surface area contributed by atoms with Crippen LogP contribution in [-0.2, 0) is 0 Å². The standard InChI is InChI=1S/C15H35N5.C14H32N4.C13H31N3.C12H29N3.C10H23N3/c1-16-6-8-17(2)10-12-19(4)14-15-20(5)13-11-18(3)9-7-16;1-15-7-5-8-17(3)13-14-18(4)10-6-9-16(2)12-11-15;1-6-14(3)10-8-12-16(5)13-9-11-15(4)7-2;1-6-13(3)9-8-10-15(5)12-11-14(4)7-2;1-11-5-4-6-12(2)8-10-13(3)9-7-11/h6-15H2,1-5H3;5-14H2,1-4H3;6-13H2,1-5H3;6-12H2,1-5H3;4-10H2,1-3H3. The van der Waals surface area contributed by atoms with E-state index in [1.807, 2.05) is 0 Å². The van der Waals surface area contributed by atoms with Crippen LogP contribution in [0.2, 0.25) is 0 Å². The van der Waals surface area contributed by atoms with Gasteiger partial charge in [-0.05, 0) is 270 Å². The lowest BCUT2D eigenvalue weighted by Crippen LogP contribution is -2.39. The molecular formula is C64H150N18. The van der Waals surface area contributed by atoms with Gasteiger partial charge in [0, 0.05) is 131 Å². The van der Waals surface area contributed by atoms with Gasteiger partial charge >= 0.3 is 0 Å². The van der Waals surface area contributed by atoms with E-state index in [0.29, 0.717) is 0 Å². The van der Waals surface area contributed by atoms with Gasteiger partial charge in [-0.25, -0.2) is 0 Å². The van der Waals surface area contributed by atoms with Gasteiger partial charge in [0.15, 0.2) is 0 Å². The van der Waals surface area contributed by atoms with Crippen LogP contribution in [0, 0.1) is 0 Å². The Bertz CT molecular complexity index is 1180. The van der Waals surface area contributed by atoms with Gasteiger partial charge in [-0.3, -0.25) is 0 Å². The van der Waals surface area contributed by atoms with E-state index < -0.39 is 0 Å². The van der Waals surface area contributed by atoms with E-state index in [1.165, 1.54) is 183 Å². The summed E-state index contributed by atoms with van der Waals surface area (Å²) in [6.07, 6.45) is 7.70. The Kier molecular flexibility index (Phi) is 56.5. The first-order chi connectivity index (χ1) is 38.9. The molecule has 0 bridgehead atoms. The second kappa shape index (κ2) is 55.6. The van der Waals surface area contributed by atoms with Crippen molar-refractivity contribution >= 4 is 0 Å². The maximum Gasteiger partial charge on any atom is 0.0107 e. The van der Waals surface area contributed by atoms with Crippen LogP contribution in [0.5, 0.6) is 0 Å². The predicted octanol–water partition coefficient (Wildman–Crippen LogP) is 3.17. The molecule has 0 amide bonds. The Morgan fingerprint density at radius 1 is 0.183 bits per heavy atom. The molecule has 18 heteroatoms. The van der Waals surface area contributed by atoms with Crippen molar-refractivity contribution in [2.75, 3.05) is 362 Å². The zero-order chi connectivity index (χ0) is 62.1. The first-order valence-electron chi connectivity index (χ1n) is 33.3. The van der Waals surface area contributed by atoms with Gasteiger partial charge in [0.05, 0.1) is 0 Å². The van der Waals surface area contributed by atoms with Crippen LogP contribution in [0.1, 0.15) is 66.2 Å². The molecular weight excluding hydrogens is 1020 g/mol. The molecule has 3 aliphatic rings. The van der Waals surface area contributed by atoms with E-state index >= 15 is 0 Å². The highest BCUT2D eigenvalue weighted by Gasteiger charge is 2.12. The molecule has 82 heavy (non-hydrogen) atoms. The highest BCUT2D eigenvalue weighted by atomic mass is 15.3. The lowest BCUT2D eigenvalue weighted by molar-refractivity contribution is 0.197. The van der Waals surface area contributed by atoms with Gasteiger partial charge in [-0.15, -0.1) is 0 Å². The van der Waals surface area contributed by atoms with Crippen molar-refractivity contribution in [2.45, 2.75) is 66.2 Å². The van der Waals surface area contributed by atoms with Crippen LogP contribution in [0.4, 0.5) is 0 Å². The lowest BCUT2D eigenvalue weighted by atomic mass is 10.3. The molecule has 0 aromatic rings. The minimum absolute atomic E-state index is 1.15. The Morgan fingerprint density at radius 3 is 0.476 bits per heavy atom. The molecule has 0 radical (unpaired) electrons.